The third-order valence-electron chi connectivity index (χ3n) is 4.86. The van der Waals surface area contributed by atoms with Crippen LogP contribution in [0.3, 0.4) is 0 Å². The summed E-state index contributed by atoms with van der Waals surface area (Å²) in [5, 5.41) is 5.73. The largest absolute Gasteiger partial charge is 0.490 e. The van der Waals surface area contributed by atoms with Crippen LogP contribution in [0.25, 0.3) is 0 Å². The molecule has 0 aliphatic heterocycles. The number of amides is 2. The molecule has 0 saturated carbocycles. The normalized spacial score (nSPS) is 10.3. The van der Waals surface area contributed by atoms with E-state index >= 15 is 0 Å². The van der Waals surface area contributed by atoms with Crippen molar-refractivity contribution in [2.75, 3.05) is 37.1 Å². The highest BCUT2D eigenvalue weighted by Gasteiger charge is 2.16. The standard InChI is InChI=1S/C26H27N3O4S/c1-3-32-16-17-33-23-15-8-7-14-22(23)24(30)28-26(34)27-20-11-9-10-19(18-20)25(31)29(2)21-12-5-4-6-13-21/h4-15,18H,3,16-17H2,1-2H3,(H2,27,28,30,34). The predicted molar refractivity (Wildman–Crippen MR) is 138 cm³/mol. The Morgan fingerprint density at radius 2 is 1.68 bits per heavy atom. The Bertz CT molecular complexity index is 1140. The predicted octanol–water partition coefficient (Wildman–Crippen LogP) is 4.51. The molecule has 0 bridgehead atoms. The van der Waals surface area contributed by atoms with Crippen LogP contribution >= 0.6 is 12.2 Å². The summed E-state index contributed by atoms with van der Waals surface area (Å²) in [6.45, 7) is 3.27. The molecule has 0 unspecified atom stereocenters. The van der Waals surface area contributed by atoms with Crippen molar-refractivity contribution >= 4 is 40.5 Å². The van der Waals surface area contributed by atoms with Crippen molar-refractivity contribution in [1.29, 1.82) is 0 Å². The molecule has 3 rings (SSSR count). The van der Waals surface area contributed by atoms with Crippen LogP contribution in [0, 0.1) is 0 Å². The van der Waals surface area contributed by atoms with E-state index in [2.05, 4.69) is 10.6 Å². The Hall–Kier alpha value is -3.75. The van der Waals surface area contributed by atoms with E-state index in [1.807, 2.05) is 37.3 Å². The van der Waals surface area contributed by atoms with Gasteiger partial charge in [-0.15, -0.1) is 0 Å². The van der Waals surface area contributed by atoms with Crippen molar-refractivity contribution in [1.82, 2.24) is 5.32 Å². The number of nitrogens with zero attached hydrogens (tertiary/aromatic N) is 1. The molecule has 8 heteroatoms. The van der Waals surface area contributed by atoms with Gasteiger partial charge in [0.2, 0.25) is 0 Å². The average molecular weight is 478 g/mol. The van der Waals surface area contributed by atoms with Gasteiger partial charge in [-0.25, -0.2) is 0 Å². The van der Waals surface area contributed by atoms with E-state index in [1.165, 1.54) is 0 Å². The lowest BCUT2D eigenvalue weighted by Gasteiger charge is -2.18. The molecule has 176 valence electrons. The first-order chi connectivity index (χ1) is 16.5. The van der Waals surface area contributed by atoms with Crippen molar-refractivity contribution < 1.29 is 19.1 Å². The zero-order valence-electron chi connectivity index (χ0n) is 19.1. The fourth-order valence-electron chi connectivity index (χ4n) is 3.16. The van der Waals surface area contributed by atoms with Crippen molar-refractivity contribution in [2.45, 2.75) is 6.92 Å². The van der Waals surface area contributed by atoms with Gasteiger partial charge in [-0.05, 0) is 61.6 Å². The van der Waals surface area contributed by atoms with E-state index in [0.29, 0.717) is 42.4 Å². The first-order valence-electron chi connectivity index (χ1n) is 10.8. The molecule has 0 fully saturated rings. The van der Waals surface area contributed by atoms with Crippen LogP contribution in [-0.4, -0.2) is 43.8 Å². The van der Waals surface area contributed by atoms with Crippen LogP contribution < -0.4 is 20.3 Å². The molecule has 0 atom stereocenters. The molecule has 3 aromatic rings. The summed E-state index contributed by atoms with van der Waals surface area (Å²) in [6, 6.07) is 23.2. The number of hydrogen-bond donors (Lipinski definition) is 2. The molecule has 2 amide bonds. The van der Waals surface area contributed by atoms with Gasteiger partial charge >= 0.3 is 0 Å². The summed E-state index contributed by atoms with van der Waals surface area (Å²) in [4.78, 5) is 27.2. The summed E-state index contributed by atoms with van der Waals surface area (Å²) in [7, 11) is 1.72. The third-order valence-corrected chi connectivity index (χ3v) is 5.07. The lowest BCUT2D eigenvalue weighted by Crippen LogP contribution is -2.34. The van der Waals surface area contributed by atoms with E-state index in [0.717, 1.165) is 5.69 Å². The number of thiocarbonyl (C=S) groups is 1. The maximum atomic E-state index is 12.9. The van der Waals surface area contributed by atoms with Gasteiger partial charge in [-0.1, -0.05) is 36.4 Å². The van der Waals surface area contributed by atoms with E-state index in [4.69, 9.17) is 21.7 Å². The molecule has 34 heavy (non-hydrogen) atoms. The highest BCUT2D eigenvalue weighted by molar-refractivity contribution is 7.80. The summed E-state index contributed by atoms with van der Waals surface area (Å²) >= 11 is 5.32. The number of benzene rings is 3. The molecule has 0 aromatic heterocycles. The molecule has 0 heterocycles. The van der Waals surface area contributed by atoms with E-state index < -0.39 is 5.91 Å². The number of anilines is 2. The summed E-state index contributed by atoms with van der Waals surface area (Å²) in [5.74, 6) is -0.123. The van der Waals surface area contributed by atoms with Crippen LogP contribution in [0.2, 0.25) is 0 Å². The molecular weight excluding hydrogens is 450 g/mol. The van der Waals surface area contributed by atoms with Crippen LogP contribution in [0.1, 0.15) is 27.6 Å². The Kier molecular flexibility index (Phi) is 9.13. The SMILES string of the molecule is CCOCCOc1ccccc1C(=O)NC(=S)Nc1cccc(C(=O)N(C)c2ccccc2)c1. The topological polar surface area (TPSA) is 79.9 Å². The number of para-hydroxylation sites is 2. The van der Waals surface area contributed by atoms with E-state index in [9.17, 15) is 9.59 Å². The average Bonchev–Trinajstić information content (AvgIpc) is 2.86. The number of carbonyl (C=O) groups is 2. The molecule has 3 aromatic carbocycles. The molecule has 0 radical (unpaired) electrons. The third kappa shape index (κ3) is 6.87. The van der Waals surface area contributed by atoms with Crippen LogP contribution in [0.4, 0.5) is 11.4 Å². The van der Waals surface area contributed by atoms with E-state index in [1.54, 1.807) is 60.5 Å². The second-order valence-electron chi connectivity index (χ2n) is 7.23. The minimum Gasteiger partial charge on any atom is -0.490 e. The summed E-state index contributed by atoms with van der Waals surface area (Å²) in [5.41, 5.74) is 2.21. The van der Waals surface area contributed by atoms with Crippen LogP contribution in [0.15, 0.2) is 78.9 Å². The van der Waals surface area contributed by atoms with Gasteiger partial charge in [0.1, 0.15) is 12.4 Å². The van der Waals surface area contributed by atoms with Gasteiger partial charge < -0.3 is 19.7 Å². The first kappa shape index (κ1) is 24.9. The molecule has 0 saturated heterocycles. The molecule has 0 spiro atoms. The second kappa shape index (κ2) is 12.5. The van der Waals surface area contributed by atoms with Crippen molar-refractivity contribution in [3.8, 4) is 5.75 Å². The van der Waals surface area contributed by atoms with Crippen LogP contribution in [-0.2, 0) is 4.74 Å². The van der Waals surface area contributed by atoms with Gasteiger partial charge in [-0.3, -0.25) is 14.9 Å². The lowest BCUT2D eigenvalue weighted by molar-refractivity contribution is 0.0957. The first-order valence-corrected chi connectivity index (χ1v) is 11.3. The zero-order valence-corrected chi connectivity index (χ0v) is 19.9. The minimum atomic E-state index is -0.402. The van der Waals surface area contributed by atoms with Gasteiger partial charge in [0.05, 0.1) is 12.2 Å². The van der Waals surface area contributed by atoms with Gasteiger partial charge in [-0.2, -0.15) is 0 Å². The van der Waals surface area contributed by atoms with Gasteiger partial charge in [0.25, 0.3) is 11.8 Å². The Morgan fingerprint density at radius 3 is 2.44 bits per heavy atom. The molecular formula is C26H27N3O4S. The van der Waals surface area contributed by atoms with Crippen molar-refractivity contribution in [3.63, 3.8) is 0 Å². The molecule has 0 aliphatic carbocycles. The van der Waals surface area contributed by atoms with Crippen molar-refractivity contribution in [2.24, 2.45) is 0 Å². The summed E-state index contributed by atoms with van der Waals surface area (Å²) in [6.07, 6.45) is 0. The monoisotopic (exact) mass is 477 g/mol. The Labute approximate surface area is 204 Å². The van der Waals surface area contributed by atoms with Crippen LogP contribution in [0.5, 0.6) is 5.75 Å². The maximum absolute atomic E-state index is 12.9. The number of ether oxygens (including phenoxy) is 2. The number of nitrogens with one attached hydrogen (secondary N) is 2. The number of carbonyl (C=O) groups excluding carboxylic acids is 2. The highest BCUT2D eigenvalue weighted by Crippen LogP contribution is 2.19. The van der Waals surface area contributed by atoms with E-state index in [-0.39, 0.29) is 11.0 Å². The fourth-order valence-corrected chi connectivity index (χ4v) is 3.37. The maximum Gasteiger partial charge on any atom is 0.261 e. The number of hydrogen-bond acceptors (Lipinski definition) is 5. The van der Waals surface area contributed by atoms with Gasteiger partial charge in [0.15, 0.2) is 5.11 Å². The smallest absolute Gasteiger partial charge is 0.261 e. The highest BCUT2D eigenvalue weighted by atomic mass is 32.1. The van der Waals surface area contributed by atoms with Crippen molar-refractivity contribution in [3.05, 3.63) is 90.0 Å². The minimum absolute atomic E-state index is 0.107. The Morgan fingerprint density at radius 1 is 0.941 bits per heavy atom. The second-order valence-corrected chi connectivity index (χ2v) is 7.64. The summed E-state index contributed by atoms with van der Waals surface area (Å²) < 4.78 is 10.9. The number of rotatable bonds is 9. The quantitative estimate of drug-likeness (QED) is 0.349. The molecule has 0 aliphatic rings. The molecule has 2 N–H and O–H groups in total. The Balaban J connectivity index is 1.62. The van der Waals surface area contributed by atoms with Gasteiger partial charge in [0, 0.05) is 30.6 Å². The zero-order chi connectivity index (χ0) is 24.3. The fraction of sp³-hybridized carbons (Fsp3) is 0.192. The lowest BCUT2D eigenvalue weighted by atomic mass is 10.1. The molecule has 7 nitrogen and oxygen atoms in total.